The second kappa shape index (κ2) is 5.11. The van der Waals surface area contributed by atoms with E-state index < -0.39 is 22.1 Å². The van der Waals surface area contributed by atoms with Gasteiger partial charge in [0.1, 0.15) is 0 Å². The van der Waals surface area contributed by atoms with E-state index in [1.54, 1.807) is 6.92 Å². The molecule has 1 fully saturated rings. The van der Waals surface area contributed by atoms with Gasteiger partial charge in [0.15, 0.2) is 0 Å². The molecule has 1 heterocycles. The molecule has 0 bridgehead atoms. The van der Waals surface area contributed by atoms with E-state index in [1.165, 1.54) is 15.7 Å². The van der Waals surface area contributed by atoms with E-state index in [9.17, 15) is 13.2 Å². The van der Waals surface area contributed by atoms with Crippen molar-refractivity contribution in [3.63, 3.8) is 0 Å². The summed E-state index contributed by atoms with van der Waals surface area (Å²) in [7, 11) is -1.86. The molecule has 0 aromatic carbocycles. The summed E-state index contributed by atoms with van der Waals surface area (Å²) in [6, 6.07) is 0. The normalized spacial score (nSPS) is 20.2. The molecule has 6 nitrogen and oxygen atoms in total. The van der Waals surface area contributed by atoms with Crippen molar-refractivity contribution in [3.05, 3.63) is 0 Å². The van der Waals surface area contributed by atoms with Gasteiger partial charge in [0.25, 0.3) is 10.2 Å². The van der Waals surface area contributed by atoms with Crippen LogP contribution in [0.3, 0.4) is 0 Å². The summed E-state index contributed by atoms with van der Waals surface area (Å²) in [6.45, 7) is 2.77. The molecular formula is C9H18N2O4S. The number of aliphatic carboxylic acids is 1. The van der Waals surface area contributed by atoms with Crippen LogP contribution in [-0.2, 0) is 15.0 Å². The van der Waals surface area contributed by atoms with Crippen LogP contribution in [-0.4, -0.2) is 54.8 Å². The number of carbonyl (C=O) groups is 1. The molecule has 0 aliphatic carbocycles. The second-order valence-electron chi connectivity index (χ2n) is 3.93. The molecule has 94 valence electrons. The lowest BCUT2D eigenvalue weighted by atomic mass is 9.99. The Kier molecular flexibility index (Phi) is 4.28. The van der Waals surface area contributed by atoms with Gasteiger partial charge >= 0.3 is 5.97 Å². The van der Waals surface area contributed by atoms with Gasteiger partial charge in [-0.05, 0) is 12.8 Å². The topological polar surface area (TPSA) is 77.9 Å². The molecular weight excluding hydrogens is 232 g/mol. The molecule has 0 amide bonds. The summed E-state index contributed by atoms with van der Waals surface area (Å²) in [4.78, 5) is 10.7. The molecule has 1 rings (SSSR count). The molecule has 0 aromatic heterocycles. The average molecular weight is 250 g/mol. The van der Waals surface area contributed by atoms with Gasteiger partial charge in [0.05, 0.1) is 5.92 Å². The van der Waals surface area contributed by atoms with Crippen LogP contribution in [0, 0.1) is 5.92 Å². The first kappa shape index (κ1) is 13.4. The number of carboxylic acids is 1. The molecule has 1 aliphatic rings. The number of nitrogens with zero attached hydrogens (tertiary/aromatic N) is 2. The Morgan fingerprint density at radius 2 is 1.94 bits per heavy atom. The largest absolute Gasteiger partial charge is 0.481 e. The Morgan fingerprint density at radius 3 is 2.31 bits per heavy atom. The maximum Gasteiger partial charge on any atom is 0.306 e. The Labute approximate surface area is 96.0 Å². The number of hydrogen-bond acceptors (Lipinski definition) is 3. The highest BCUT2D eigenvalue weighted by Crippen LogP contribution is 2.20. The minimum Gasteiger partial charge on any atom is -0.481 e. The molecule has 0 aromatic rings. The Hall–Kier alpha value is -0.660. The van der Waals surface area contributed by atoms with Crippen LogP contribution in [0.4, 0.5) is 0 Å². The monoisotopic (exact) mass is 250 g/mol. The molecule has 0 unspecified atom stereocenters. The van der Waals surface area contributed by atoms with E-state index in [1.807, 2.05) is 0 Å². The van der Waals surface area contributed by atoms with Crippen LogP contribution in [0.2, 0.25) is 0 Å². The van der Waals surface area contributed by atoms with Crippen LogP contribution in [0.15, 0.2) is 0 Å². The number of piperidine rings is 1. The highest BCUT2D eigenvalue weighted by Gasteiger charge is 2.32. The molecule has 0 saturated carbocycles. The fourth-order valence-electron chi connectivity index (χ4n) is 1.69. The van der Waals surface area contributed by atoms with Gasteiger partial charge in [-0.2, -0.15) is 17.0 Å². The highest BCUT2D eigenvalue weighted by molar-refractivity contribution is 7.86. The third kappa shape index (κ3) is 2.72. The van der Waals surface area contributed by atoms with Gasteiger partial charge < -0.3 is 5.11 Å². The van der Waals surface area contributed by atoms with E-state index in [4.69, 9.17) is 5.11 Å². The Morgan fingerprint density at radius 1 is 1.44 bits per heavy atom. The first-order valence-electron chi connectivity index (χ1n) is 5.33. The van der Waals surface area contributed by atoms with Gasteiger partial charge in [-0.15, -0.1) is 0 Å². The van der Waals surface area contributed by atoms with Crippen molar-refractivity contribution in [3.8, 4) is 0 Å². The van der Waals surface area contributed by atoms with Crippen LogP contribution in [0.1, 0.15) is 19.8 Å². The summed E-state index contributed by atoms with van der Waals surface area (Å²) in [6.07, 6.45) is 0.790. The fraction of sp³-hybridized carbons (Fsp3) is 0.889. The average Bonchev–Trinajstić information content (AvgIpc) is 2.28. The standard InChI is InChI=1S/C9H18N2O4S/c1-3-10(2)16(14,15)11-6-4-8(5-7-11)9(12)13/h8H,3-7H2,1-2H3,(H,12,13). The lowest BCUT2D eigenvalue weighted by molar-refractivity contribution is -0.142. The summed E-state index contributed by atoms with van der Waals surface area (Å²) in [5.74, 6) is -1.24. The minimum absolute atomic E-state index is 0.295. The summed E-state index contributed by atoms with van der Waals surface area (Å²) in [5.41, 5.74) is 0. The maximum atomic E-state index is 11.9. The zero-order valence-corrected chi connectivity index (χ0v) is 10.4. The van der Waals surface area contributed by atoms with E-state index >= 15 is 0 Å². The zero-order chi connectivity index (χ0) is 12.3. The van der Waals surface area contributed by atoms with Crippen molar-refractivity contribution in [2.24, 2.45) is 5.92 Å². The van der Waals surface area contributed by atoms with Gasteiger partial charge in [-0.25, -0.2) is 0 Å². The fourth-order valence-corrected chi connectivity index (χ4v) is 3.09. The Balaban J connectivity index is 2.63. The molecule has 1 aliphatic heterocycles. The molecule has 0 spiro atoms. The highest BCUT2D eigenvalue weighted by atomic mass is 32.2. The molecule has 7 heteroatoms. The summed E-state index contributed by atoms with van der Waals surface area (Å²) >= 11 is 0. The first-order chi connectivity index (χ1) is 7.39. The lowest BCUT2D eigenvalue weighted by Crippen LogP contribution is -2.46. The third-order valence-corrected chi connectivity index (χ3v) is 5.03. The van der Waals surface area contributed by atoms with Crippen molar-refractivity contribution >= 4 is 16.2 Å². The van der Waals surface area contributed by atoms with Crippen molar-refractivity contribution < 1.29 is 18.3 Å². The van der Waals surface area contributed by atoms with Gasteiger partial charge in [-0.3, -0.25) is 4.79 Å². The van der Waals surface area contributed by atoms with E-state index in [-0.39, 0.29) is 0 Å². The summed E-state index contributed by atoms with van der Waals surface area (Å²) in [5, 5.41) is 8.80. The molecule has 1 N–H and O–H groups in total. The molecule has 0 atom stereocenters. The maximum absolute atomic E-state index is 11.9. The minimum atomic E-state index is -3.39. The number of hydrogen-bond donors (Lipinski definition) is 1. The van der Waals surface area contributed by atoms with Crippen LogP contribution in [0.5, 0.6) is 0 Å². The predicted molar refractivity (Wildman–Crippen MR) is 59.2 cm³/mol. The lowest BCUT2D eigenvalue weighted by Gasteiger charge is -2.31. The van der Waals surface area contributed by atoms with Crippen LogP contribution >= 0.6 is 0 Å². The quantitative estimate of drug-likeness (QED) is 0.760. The third-order valence-electron chi connectivity index (χ3n) is 2.97. The van der Waals surface area contributed by atoms with Crippen molar-refractivity contribution in [2.75, 3.05) is 26.7 Å². The Bertz CT molecular complexity index is 347. The van der Waals surface area contributed by atoms with Crippen molar-refractivity contribution in [2.45, 2.75) is 19.8 Å². The zero-order valence-electron chi connectivity index (χ0n) is 9.59. The van der Waals surface area contributed by atoms with Gasteiger partial charge in [0.2, 0.25) is 0 Å². The van der Waals surface area contributed by atoms with Crippen molar-refractivity contribution in [1.29, 1.82) is 0 Å². The van der Waals surface area contributed by atoms with Crippen molar-refractivity contribution in [1.82, 2.24) is 8.61 Å². The summed E-state index contributed by atoms with van der Waals surface area (Å²) < 4.78 is 26.4. The first-order valence-corrected chi connectivity index (χ1v) is 6.73. The van der Waals surface area contributed by atoms with Crippen LogP contribution < -0.4 is 0 Å². The SMILES string of the molecule is CCN(C)S(=O)(=O)N1CCC(C(=O)O)CC1. The second-order valence-corrected chi connectivity index (χ2v) is 5.97. The van der Waals surface area contributed by atoms with E-state index in [0.29, 0.717) is 32.5 Å². The smallest absolute Gasteiger partial charge is 0.306 e. The molecule has 16 heavy (non-hydrogen) atoms. The predicted octanol–water partition coefficient (Wildman–Crippen LogP) is -0.0205. The number of carboxylic acid groups (broad SMARTS) is 1. The van der Waals surface area contributed by atoms with E-state index in [0.717, 1.165) is 0 Å². The van der Waals surface area contributed by atoms with E-state index in [2.05, 4.69) is 0 Å². The molecule has 1 saturated heterocycles. The van der Waals surface area contributed by atoms with Gasteiger partial charge in [-0.1, -0.05) is 6.92 Å². The number of rotatable bonds is 4. The van der Waals surface area contributed by atoms with Gasteiger partial charge in [0, 0.05) is 26.7 Å². The molecule has 0 radical (unpaired) electrons. The van der Waals surface area contributed by atoms with Crippen LogP contribution in [0.25, 0.3) is 0 Å².